The lowest BCUT2D eigenvalue weighted by Gasteiger charge is -2.37. The van der Waals surface area contributed by atoms with Gasteiger partial charge in [-0.15, -0.1) is 0 Å². The monoisotopic (exact) mass is 255 g/mol. The van der Waals surface area contributed by atoms with E-state index in [2.05, 4.69) is 0 Å². The summed E-state index contributed by atoms with van der Waals surface area (Å²) in [5, 5.41) is 8.56. The van der Waals surface area contributed by atoms with Crippen LogP contribution in [-0.4, -0.2) is 48.2 Å². The number of fused-ring (bicyclic) bond motifs is 2. The van der Waals surface area contributed by atoms with Crippen LogP contribution in [0.1, 0.15) is 32.1 Å². The second-order valence-corrected chi connectivity index (χ2v) is 5.34. The van der Waals surface area contributed by atoms with Crippen LogP contribution in [0, 0.1) is 11.8 Å². The quantitative estimate of drug-likeness (QED) is 0.799. The van der Waals surface area contributed by atoms with Crippen molar-refractivity contribution in [2.75, 3.05) is 20.2 Å². The summed E-state index contributed by atoms with van der Waals surface area (Å²) in [7, 11) is 1.75. The Labute approximate surface area is 107 Å². The molecule has 1 amide bonds. The largest absolute Gasteiger partial charge is 0.481 e. The van der Waals surface area contributed by atoms with Gasteiger partial charge in [-0.25, -0.2) is 0 Å². The Morgan fingerprint density at radius 3 is 2.33 bits per heavy atom. The molecule has 5 nitrogen and oxygen atoms in total. The van der Waals surface area contributed by atoms with Crippen molar-refractivity contribution in [1.82, 2.24) is 4.90 Å². The molecule has 1 saturated carbocycles. The summed E-state index contributed by atoms with van der Waals surface area (Å²) in [6.45, 7) is 1.56. The highest BCUT2D eigenvalue weighted by Crippen LogP contribution is 2.38. The Hall–Kier alpha value is -1.10. The van der Waals surface area contributed by atoms with Crippen LogP contribution in [0.5, 0.6) is 0 Å². The summed E-state index contributed by atoms with van der Waals surface area (Å²) in [5.74, 6) is 0.206. The summed E-state index contributed by atoms with van der Waals surface area (Å²) in [6, 6.07) is 0. The minimum Gasteiger partial charge on any atom is -0.481 e. The van der Waals surface area contributed by atoms with Crippen molar-refractivity contribution < 1.29 is 19.4 Å². The molecular formula is C13H21NO4. The molecule has 1 saturated heterocycles. The van der Waals surface area contributed by atoms with Crippen molar-refractivity contribution in [2.45, 2.75) is 38.2 Å². The maximum absolute atomic E-state index is 12.0. The van der Waals surface area contributed by atoms with Gasteiger partial charge in [0.2, 0.25) is 5.91 Å². The first-order valence-electron chi connectivity index (χ1n) is 6.64. The van der Waals surface area contributed by atoms with Crippen molar-refractivity contribution in [3.8, 4) is 0 Å². The van der Waals surface area contributed by atoms with Gasteiger partial charge in [0.1, 0.15) is 0 Å². The Balaban J connectivity index is 1.81. The average Bonchev–Trinajstić information content (AvgIpc) is 2.57. The van der Waals surface area contributed by atoms with E-state index in [0.29, 0.717) is 30.8 Å². The Bertz CT molecular complexity index is 317. The van der Waals surface area contributed by atoms with Crippen LogP contribution in [0.15, 0.2) is 0 Å². The number of amides is 1. The molecule has 1 heterocycles. The Morgan fingerprint density at radius 1 is 1.22 bits per heavy atom. The first-order valence-corrected chi connectivity index (χ1v) is 6.64. The molecule has 0 aromatic carbocycles. The van der Waals surface area contributed by atoms with E-state index in [0.717, 1.165) is 25.9 Å². The summed E-state index contributed by atoms with van der Waals surface area (Å²) in [5.41, 5.74) is 0. The highest BCUT2D eigenvalue weighted by molar-refractivity contribution is 5.77. The number of aliphatic carboxylic acids is 1. The zero-order valence-corrected chi connectivity index (χ0v) is 10.8. The van der Waals surface area contributed by atoms with Crippen LogP contribution >= 0.6 is 0 Å². The van der Waals surface area contributed by atoms with Gasteiger partial charge in [-0.05, 0) is 19.3 Å². The molecule has 102 valence electrons. The molecule has 1 N–H and O–H groups in total. The minimum atomic E-state index is -0.832. The van der Waals surface area contributed by atoms with Crippen molar-refractivity contribution in [3.63, 3.8) is 0 Å². The maximum atomic E-state index is 12.0. The van der Waals surface area contributed by atoms with Crippen molar-refractivity contribution in [2.24, 2.45) is 11.8 Å². The molecule has 2 rings (SSSR count). The van der Waals surface area contributed by atoms with Gasteiger partial charge >= 0.3 is 5.97 Å². The van der Waals surface area contributed by atoms with Crippen LogP contribution in [0.25, 0.3) is 0 Å². The van der Waals surface area contributed by atoms with Gasteiger partial charge in [-0.3, -0.25) is 9.59 Å². The molecule has 2 bridgehead atoms. The third-order valence-electron chi connectivity index (χ3n) is 4.15. The van der Waals surface area contributed by atoms with Gasteiger partial charge in [0.15, 0.2) is 0 Å². The highest BCUT2D eigenvalue weighted by atomic mass is 16.5. The number of nitrogens with zero attached hydrogens (tertiary/aromatic N) is 1. The lowest BCUT2D eigenvalue weighted by atomic mass is 9.94. The molecule has 1 unspecified atom stereocenters. The summed E-state index contributed by atoms with van der Waals surface area (Å²) < 4.78 is 5.50. The molecule has 0 radical (unpaired) electrons. The van der Waals surface area contributed by atoms with Crippen LogP contribution in [0.3, 0.4) is 0 Å². The van der Waals surface area contributed by atoms with E-state index in [4.69, 9.17) is 9.84 Å². The van der Waals surface area contributed by atoms with Crippen molar-refractivity contribution >= 4 is 11.9 Å². The third kappa shape index (κ3) is 2.83. The molecule has 1 aliphatic carbocycles. The summed E-state index contributed by atoms with van der Waals surface area (Å²) in [6.07, 6.45) is 3.46. The van der Waals surface area contributed by atoms with E-state index >= 15 is 0 Å². The molecule has 2 fully saturated rings. The number of ether oxygens (including phenoxy) is 1. The zero-order chi connectivity index (χ0) is 13.1. The lowest BCUT2D eigenvalue weighted by Crippen LogP contribution is -2.48. The molecule has 18 heavy (non-hydrogen) atoms. The SMILES string of the molecule is COC1[C@@H]2CC[C@H]1CN(C(=O)CCCC(=O)O)C2. The smallest absolute Gasteiger partial charge is 0.303 e. The topological polar surface area (TPSA) is 66.8 Å². The van der Waals surface area contributed by atoms with E-state index < -0.39 is 5.97 Å². The van der Waals surface area contributed by atoms with Crippen LogP contribution in [-0.2, 0) is 14.3 Å². The first-order chi connectivity index (χ1) is 8.61. The first kappa shape index (κ1) is 13.3. The molecule has 1 aliphatic heterocycles. The highest BCUT2D eigenvalue weighted by Gasteiger charge is 2.43. The number of hydrogen-bond donors (Lipinski definition) is 1. The second kappa shape index (κ2) is 5.69. The third-order valence-corrected chi connectivity index (χ3v) is 4.15. The number of rotatable bonds is 5. The van der Waals surface area contributed by atoms with Crippen molar-refractivity contribution in [3.05, 3.63) is 0 Å². The summed E-state index contributed by atoms with van der Waals surface area (Å²) in [4.78, 5) is 24.3. The van der Waals surface area contributed by atoms with Crippen LogP contribution < -0.4 is 0 Å². The fourth-order valence-electron chi connectivity index (χ4n) is 3.31. The number of piperidine rings is 1. The Kier molecular flexibility index (Phi) is 4.22. The molecule has 2 aliphatic rings. The van der Waals surface area contributed by atoms with E-state index in [1.807, 2.05) is 4.90 Å². The lowest BCUT2D eigenvalue weighted by molar-refractivity contribution is -0.138. The van der Waals surface area contributed by atoms with Crippen molar-refractivity contribution in [1.29, 1.82) is 0 Å². The average molecular weight is 255 g/mol. The van der Waals surface area contributed by atoms with E-state index in [-0.39, 0.29) is 12.3 Å². The van der Waals surface area contributed by atoms with E-state index in [1.165, 1.54) is 0 Å². The standard InChI is InChI=1S/C13H21NO4/c1-18-13-9-5-6-10(13)8-14(7-9)11(15)3-2-4-12(16)17/h9-10,13H,2-8H2,1H3,(H,16,17)/t9-,10+,13?. The van der Waals surface area contributed by atoms with Gasteiger partial charge in [-0.1, -0.05) is 0 Å². The van der Waals surface area contributed by atoms with Gasteiger partial charge in [0.05, 0.1) is 6.10 Å². The molecule has 0 aromatic heterocycles. The van der Waals surface area contributed by atoms with E-state index in [9.17, 15) is 9.59 Å². The van der Waals surface area contributed by atoms with Gasteiger partial charge in [0, 0.05) is 44.9 Å². The molecule has 3 atom stereocenters. The predicted molar refractivity (Wildman–Crippen MR) is 65.1 cm³/mol. The number of carboxylic acid groups (broad SMARTS) is 1. The molecule has 0 aromatic rings. The Morgan fingerprint density at radius 2 is 1.83 bits per heavy atom. The molecular weight excluding hydrogens is 234 g/mol. The second-order valence-electron chi connectivity index (χ2n) is 5.34. The van der Waals surface area contributed by atoms with E-state index in [1.54, 1.807) is 7.11 Å². The summed E-state index contributed by atoms with van der Waals surface area (Å²) >= 11 is 0. The minimum absolute atomic E-state index is 0.0765. The number of carbonyl (C=O) groups is 2. The number of methoxy groups -OCH3 is 1. The molecule has 0 spiro atoms. The number of likely N-dealkylation sites (tertiary alicyclic amines) is 1. The zero-order valence-electron chi connectivity index (χ0n) is 10.8. The van der Waals surface area contributed by atoms with Gasteiger partial charge < -0.3 is 14.7 Å². The maximum Gasteiger partial charge on any atom is 0.303 e. The number of carboxylic acids is 1. The van der Waals surface area contributed by atoms with Gasteiger partial charge in [0.25, 0.3) is 0 Å². The normalized spacial score (nSPS) is 30.5. The predicted octanol–water partition coefficient (Wildman–Crippen LogP) is 1.12. The van der Waals surface area contributed by atoms with Crippen LogP contribution in [0.2, 0.25) is 0 Å². The van der Waals surface area contributed by atoms with Gasteiger partial charge in [-0.2, -0.15) is 0 Å². The number of hydrogen-bond acceptors (Lipinski definition) is 3. The van der Waals surface area contributed by atoms with Crippen LogP contribution in [0.4, 0.5) is 0 Å². The number of carbonyl (C=O) groups excluding carboxylic acids is 1. The fraction of sp³-hybridized carbons (Fsp3) is 0.846. The molecule has 5 heteroatoms. The fourth-order valence-corrected chi connectivity index (χ4v) is 3.31.